The summed E-state index contributed by atoms with van der Waals surface area (Å²) < 4.78 is 32.1. The van der Waals surface area contributed by atoms with E-state index in [0.717, 1.165) is 19.3 Å². The van der Waals surface area contributed by atoms with Crippen LogP contribution in [0.15, 0.2) is 40.1 Å². The Labute approximate surface area is 179 Å². The van der Waals surface area contributed by atoms with Crippen molar-refractivity contribution < 1.29 is 22.7 Å². The Bertz CT molecular complexity index is 1030. The van der Waals surface area contributed by atoms with Crippen LogP contribution in [0, 0.1) is 5.41 Å². The van der Waals surface area contributed by atoms with Crippen LogP contribution in [0.1, 0.15) is 40.1 Å². The molecule has 4 heterocycles. The van der Waals surface area contributed by atoms with Gasteiger partial charge in [-0.05, 0) is 48.3 Å². The minimum Gasteiger partial charge on any atom is -0.465 e. The number of carbonyl (C=O) groups excluding carboxylic acids is 2. The van der Waals surface area contributed by atoms with Crippen LogP contribution in [-0.4, -0.2) is 67.8 Å². The van der Waals surface area contributed by atoms with Crippen LogP contribution in [0.25, 0.3) is 0 Å². The lowest BCUT2D eigenvalue weighted by molar-refractivity contribution is 0.0599. The second-order valence-electron chi connectivity index (χ2n) is 7.74. The lowest BCUT2D eigenvalue weighted by Crippen LogP contribution is -2.44. The summed E-state index contributed by atoms with van der Waals surface area (Å²) in [6.45, 7) is 2.15. The van der Waals surface area contributed by atoms with E-state index in [1.54, 1.807) is 26.7 Å². The Morgan fingerprint density at radius 1 is 1.13 bits per heavy atom. The lowest BCUT2D eigenvalue weighted by Gasteiger charge is -2.38. The van der Waals surface area contributed by atoms with Crippen LogP contribution in [0.3, 0.4) is 0 Å². The van der Waals surface area contributed by atoms with Gasteiger partial charge >= 0.3 is 5.97 Å². The minimum atomic E-state index is -3.43. The number of carbonyl (C=O) groups is 2. The Balaban J connectivity index is 1.39. The summed E-state index contributed by atoms with van der Waals surface area (Å²) in [4.78, 5) is 30.3. The third-order valence-electron chi connectivity index (χ3n) is 6.00. The molecule has 30 heavy (non-hydrogen) atoms. The third-order valence-corrected chi connectivity index (χ3v) is 9.27. The van der Waals surface area contributed by atoms with Gasteiger partial charge in [0.25, 0.3) is 15.9 Å². The molecule has 1 amide bonds. The number of likely N-dealkylation sites (tertiary alicyclic amines) is 1. The maximum Gasteiger partial charge on any atom is 0.339 e. The lowest BCUT2D eigenvalue weighted by atomic mass is 9.78. The molecule has 2 aromatic heterocycles. The number of aromatic nitrogens is 1. The summed E-state index contributed by atoms with van der Waals surface area (Å²) >= 11 is 1.23. The molecule has 0 saturated carbocycles. The van der Waals surface area contributed by atoms with Gasteiger partial charge in [-0.2, -0.15) is 4.31 Å². The topological polar surface area (TPSA) is 96.9 Å². The summed E-state index contributed by atoms with van der Waals surface area (Å²) in [5.74, 6) is -0.664. The maximum atomic E-state index is 12.8. The first-order valence-electron chi connectivity index (χ1n) is 9.72. The number of ether oxygens (including phenoxy) is 1. The molecule has 0 unspecified atom stereocenters. The second-order valence-corrected chi connectivity index (χ2v) is 10.8. The van der Waals surface area contributed by atoms with E-state index in [-0.39, 0.29) is 17.0 Å². The third kappa shape index (κ3) is 3.86. The number of sulfonamides is 1. The predicted octanol–water partition coefficient (Wildman–Crippen LogP) is 2.25. The summed E-state index contributed by atoms with van der Waals surface area (Å²) in [7, 11) is -2.13. The number of esters is 1. The number of nitrogens with zero attached hydrogens (tertiary/aromatic N) is 3. The molecule has 2 aliphatic heterocycles. The number of pyridine rings is 1. The summed E-state index contributed by atoms with van der Waals surface area (Å²) in [6.07, 6.45) is 3.66. The zero-order chi connectivity index (χ0) is 21.4. The molecule has 2 aliphatic rings. The molecule has 0 N–H and O–H groups in total. The quantitative estimate of drug-likeness (QED) is 0.664. The van der Waals surface area contributed by atoms with Crippen molar-refractivity contribution in [2.45, 2.75) is 23.5 Å². The molecule has 2 saturated heterocycles. The van der Waals surface area contributed by atoms with Crippen molar-refractivity contribution in [3.8, 4) is 0 Å². The highest BCUT2D eigenvalue weighted by molar-refractivity contribution is 7.91. The van der Waals surface area contributed by atoms with Crippen LogP contribution in [0.2, 0.25) is 0 Å². The standard InChI is InChI=1S/C20H23N3O5S2/c1-28-19(25)15-4-5-16(21-13-15)18(24)22-9-6-20(14-22)7-10-23(11-8-20)30(26,27)17-3-2-12-29-17/h2-5,12-13H,6-11,14H2,1H3. The molecule has 0 atom stereocenters. The monoisotopic (exact) mass is 449 g/mol. The zero-order valence-electron chi connectivity index (χ0n) is 16.6. The van der Waals surface area contributed by atoms with Gasteiger partial charge in [-0.25, -0.2) is 13.2 Å². The average molecular weight is 450 g/mol. The highest BCUT2D eigenvalue weighted by Crippen LogP contribution is 2.42. The summed E-state index contributed by atoms with van der Waals surface area (Å²) in [5.41, 5.74) is 0.534. The second kappa shape index (κ2) is 8.09. The van der Waals surface area contributed by atoms with Crippen molar-refractivity contribution in [3.05, 3.63) is 47.1 Å². The van der Waals surface area contributed by atoms with E-state index < -0.39 is 16.0 Å². The van der Waals surface area contributed by atoms with Gasteiger partial charge in [-0.3, -0.25) is 9.78 Å². The largest absolute Gasteiger partial charge is 0.465 e. The number of piperidine rings is 1. The molecule has 0 aromatic carbocycles. The first-order chi connectivity index (χ1) is 14.3. The Morgan fingerprint density at radius 3 is 2.47 bits per heavy atom. The highest BCUT2D eigenvalue weighted by atomic mass is 32.2. The van der Waals surface area contributed by atoms with Gasteiger partial charge in [0, 0.05) is 32.4 Å². The van der Waals surface area contributed by atoms with Crippen molar-refractivity contribution >= 4 is 33.2 Å². The van der Waals surface area contributed by atoms with Gasteiger partial charge in [-0.1, -0.05) is 6.07 Å². The van der Waals surface area contributed by atoms with Gasteiger partial charge in [-0.15, -0.1) is 11.3 Å². The molecule has 4 rings (SSSR count). The molecule has 0 aliphatic carbocycles. The Hall–Kier alpha value is -2.30. The molecular weight excluding hydrogens is 426 g/mol. The molecule has 0 radical (unpaired) electrons. The smallest absolute Gasteiger partial charge is 0.339 e. The van der Waals surface area contributed by atoms with E-state index in [0.29, 0.717) is 36.0 Å². The van der Waals surface area contributed by atoms with E-state index in [4.69, 9.17) is 0 Å². The van der Waals surface area contributed by atoms with Crippen molar-refractivity contribution in [2.75, 3.05) is 33.3 Å². The SMILES string of the molecule is COC(=O)c1ccc(C(=O)N2CCC3(CCN(S(=O)(=O)c4cccs4)CC3)C2)nc1. The molecule has 0 bridgehead atoms. The highest BCUT2D eigenvalue weighted by Gasteiger charge is 2.44. The van der Waals surface area contributed by atoms with Crippen molar-refractivity contribution in [3.63, 3.8) is 0 Å². The molecule has 160 valence electrons. The first kappa shape index (κ1) is 21.0. The fraction of sp³-hybridized carbons (Fsp3) is 0.450. The van der Waals surface area contributed by atoms with Crippen LogP contribution in [0.4, 0.5) is 0 Å². The molecule has 8 nitrogen and oxygen atoms in total. The maximum absolute atomic E-state index is 12.8. The summed E-state index contributed by atoms with van der Waals surface area (Å²) in [6, 6.07) is 6.45. The fourth-order valence-corrected chi connectivity index (χ4v) is 6.76. The van der Waals surface area contributed by atoms with E-state index in [2.05, 4.69) is 9.72 Å². The average Bonchev–Trinajstić information content (AvgIpc) is 3.44. The molecule has 2 aromatic rings. The molecular formula is C20H23N3O5S2. The number of hydrogen-bond acceptors (Lipinski definition) is 7. The fourth-order valence-electron chi connectivity index (χ4n) is 4.18. The number of amides is 1. The number of methoxy groups -OCH3 is 1. The molecule has 10 heteroatoms. The molecule has 2 fully saturated rings. The van der Waals surface area contributed by atoms with Crippen LogP contribution in [-0.2, 0) is 14.8 Å². The van der Waals surface area contributed by atoms with Gasteiger partial charge in [0.05, 0.1) is 12.7 Å². The number of hydrogen-bond donors (Lipinski definition) is 0. The predicted molar refractivity (Wildman–Crippen MR) is 111 cm³/mol. The van der Waals surface area contributed by atoms with Gasteiger partial charge < -0.3 is 9.64 Å². The van der Waals surface area contributed by atoms with Gasteiger partial charge in [0.15, 0.2) is 0 Å². The van der Waals surface area contributed by atoms with E-state index in [1.165, 1.54) is 36.8 Å². The minimum absolute atomic E-state index is 0.0525. The zero-order valence-corrected chi connectivity index (χ0v) is 18.2. The van der Waals surface area contributed by atoms with Crippen LogP contribution < -0.4 is 0 Å². The van der Waals surface area contributed by atoms with E-state index in [9.17, 15) is 18.0 Å². The van der Waals surface area contributed by atoms with Crippen LogP contribution >= 0.6 is 11.3 Å². The number of rotatable bonds is 4. The summed E-state index contributed by atoms with van der Waals surface area (Å²) in [5, 5.41) is 1.77. The van der Waals surface area contributed by atoms with Crippen molar-refractivity contribution in [2.24, 2.45) is 5.41 Å². The number of thiophene rings is 1. The van der Waals surface area contributed by atoms with E-state index in [1.807, 2.05) is 0 Å². The first-order valence-corrected chi connectivity index (χ1v) is 12.0. The Morgan fingerprint density at radius 2 is 1.87 bits per heavy atom. The van der Waals surface area contributed by atoms with Crippen molar-refractivity contribution in [1.82, 2.24) is 14.2 Å². The molecule has 1 spiro atoms. The van der Waals surface area contributed by atoms with E-state index >= 15 is 0 Å². The van der Waals surface area contributed by atoms with Crippen LogP contribution in [0.5, 0.6) is 0 Å². The van der Waals surface area contributed by atoms with Gasteiger partial charge in [0.2, 0.25) is 0 Å². The van der Waals surface area contributed by atoms with Crippen molar-refractivity contribution in [1.29, 1.82) is 0 Å². The van der Waals surface area contributed by atoms with Gasteiger partial charge in [0.1, 0.15) is 9.90 Å². The Kier molecular flexibility index (Phi) is 5.65. The normalized spacial score (nSPS) is 19.2.